The number of ether oxygens (including phenoxy) is 2. The van der Waals surface area contributed by atoms with Crippen molar-refractivity contribution in [2.24, 2.45) is 5.92 Å². The minimum atomic E-state index is -0.824. The van der Waals surface area contributed by atoms with Crippen LogP contribution >= 0.6 is 22.9 Å². The number of thiazole rings is 1. The number of amides is 1. The Morgan fingerprint density at radius 2 is 2.06 bits per heavy atom. The van der Waals surface area contributed by atoms with Gasteiger partial charge in [0.25, 0.3) is 0 Å². The number of carbonyl (C=O) groups is 2. The summed E-state index contributed by atoms with van der Waals surface area (Å²) in [5, 5.41) is 12.8. The smallest absolute Gasteiger partial charge is 0.318 e. The number of phenols is 1. The first-order valence-electron chi connectivity index (χ1n) is 9.51. The van der Waals surface area contributed by atoms with E-state index in [9.17, 15) is 14.7 Å². The number of benzene rings is 2. The third-order valence-corrected chi connectivity index (χ3v) is 6.16. The lowest BCUT2D eigenvalue weighted by molar-refractivity contribution is -0.152. The van der Waals surface area contributed by atoms with Crippen molar-refractivity contribution in [3.05, 3.63) is 58.6 Å². The van der Waals surface area contributed by atoms with E-state index in [2.05, 4.69) is 4.98 Å². The molecule has 31 heavy (non-hydrogen) atoms. The maximum absolute atomic E-state index is 12.7. The van der Waals surface area contributed by atoms with E-state index in [1.165, 1.54) is 24.5 Å². The van der Waals surface area contributed by atoms with Crippen LogP contribution in [0.3, 0.4) is 0 Å². The molecule has 1 aliphatic rings. The van der Waals surface area contributed by atoms with Gasteiger partial charge in [-0.05, 0) is 48.9 Å². The van der Waals surface area contributed by atoms with Crippen molar-refractivity contribution in [2.45, 2.75) is 13.0 Å². The number of anilines is 1. The SMILES string of the molecule is COc1cc(-c2nc(COC(=O)C3CCN(c4ccc(Cl)cc4)C3=O)cs2)ccc1O. The second-order valence-corrected chi connectivity index (χ2v) is 8.24. The van der Waals surface area contributed by atoms with Crippen LogP contribution in [0.1, 0.15) is 12.1 Å². The lowest BCUT2D eigenvalue weighted by atomic mass is 10.1. The number of esters is 1. The van der Waals surface area contributed by atoms with Crippen molar-refractivity contribution in [1.82, 2.24) is 4.98 Å². The first-order chi connectivity index (χ1) is 15.0. The molecule has 1 atom stereocenters. The monoisotopic (exact) mass is 458 g/mol. The van der Waals surface area contributed by atoms with Gasteiger partial charge in [0, 0.05) is 28.2 Å². The lowest BCUT2D eigenvalue weighted by Crippen LogP contribution is -2.31. The normalized spacial score (nSPS) is 15.9. The molecular weight excluding hydrogens is 440 g/mol. The van der Waals surface area contributed by atoms with E-state index in [1.807, 2.05) is 0 Å². The summed E-state index contributed by atoms with van der Waals surface area (Å²) in [6.07, 6.45) is 0.399. The summed E-state index contributed by atoms with van der Waals surface area (Å²) in [4.78, 5) is 31.2. The summed E-state index contributed by atoms with van der Waals surface area (Å²) >= 11 is 7.28. The van der Waals surface area contributed by atoms with Crippen LogP contribution in [0, 0.1) is 5.92 Å². The summed E-state index contributed by atoms with van der Waals surface area (Å²) in [6.45, 7) is 0.430. The van der Waals surface area contributed by atoms with Crippen molar-refractivity contribution in [1.29, 1.82) is 0 Å². The van der Waals surface area contributed by atoms with Crippen molar-refractivity contribution in [3.8, 4) is 22.1 Å². The topological polar surface area (TPSA) is 89.0 Å². The predicted octanol–water partition coefficient (Wildman–Crippen LogP) is 4.27. The highest BCUT2D eigenvalue weighted by molar-refractivity contribution is 7.13. The Kier molecular flexibility index (Phi) is 6.11. The Labute approximate surface area is 187 Å². The average molecular weight is 459 g/mol. The zero-order valence-corrected chi connectivity index (χ0v) is 18.2. The fraction of sp³-hybridized carbons (Fsp3) is 0.227. The van der Waals surface area contributed by atoms with E-state index >= 15 is 0 Å². The quantitative estimate of drug-likeness (QED) is 0.438. The van der Waals surface area contributed by atoms with Crippen molar-refractivity contribution in [2.75, 3.05) is 18.6 Å². The number of nitrogens with zero attached hydrogens (tertiary/aromatic N) is 2. The van der Waals surface area contributed by atoms with Gasteiger partial charge < -0.3 is 19.5 Å². The van der Waals surface area contributed by atoms with Crippen LogP contribution in [0.25, 0.3) is 10.6 Å². The van der Waals surface area contributed by atoms with E-state index in [0.717, 1.165) is 5.56 Å². The van der Waals surface area contributed by atoms with Gasteiger partial charge in [0.1, 0.15) is 17.5 Å². The zero-order valence-electron chi connectivity index (χ0n) is 16.6. The molecule has 1 N–H and O–H groups in total. The van der Waals surface area contributed by atoms with E-state index in [-0.39, 0.29) is 18.3 Å². The predicted molar refractivity (Wildman–Crippen MR) is 117 cm³/mol. The number of methoxy groups -OCH3 is 1. The number of carbonyl (C=O) groups excluding carboxylic acids is 2. The number of hydrogen-bond donors (Lipinski definition) is 1. The number of phenolic OH excluding ortho intramolecular Hbond substituents is 1. The van der Waals surface area contributed by atoms with Gasteiger partial charge >= 0.3 is 5.97 Å². The molecule has 0 aliphatic carbocycles. The maximum Gasteiger partial charge on any atom is 0.318 e. The lowest BCUT2D eigenvalue weighted by Gasteiger charge is -2.16. The highest BCUT2D eigenvalue weighted by atomic mass is 35.5. The second-order valence-electron chi connectivity index (χ2n) is 6.95. The standard InChI is InChI=1S/C22H19ClN2O5S/c1-29-19-10-13(2-7-18(19)26)20-24-15(12-31-20)11-30-22(28)17-8-9-25(21(17)27)16-5-3-14(23)4-6-16/h2-7,10,12,17,26H,8-9,11H2,1H3. The molecule has 0 bridgehead atoms. The van der Waals surface area contributed by atoms with E-state index in [4.69, 9.17) is 21.1 Å². The van der Waals surface area contributed by atoms with Crippen LogP contribution in [-0.2, 0) is 20.9 Å². The van der Waals surface area contributed by atoms with Gasteiger partial charge in [-0.15, -0.1) is 11.3 Å². The van der Waals surface area contributed by atoms with Gasteiger partial charge in [0.15, 0.2) is 11.5 Å². The summed E-state index contributed by atoms with van der Waals surface area (Å²) in [5.74, 6) is -1.25. The average Bonchev–Trinajstić information content (AvgIpc) is 3.40. The molecule has 0 radical (unpaired) electrons. The summed E-state index contributed by atoms with van der Waals surface area (Å²) in [7, 11) is 1.48. The molecule has 4 rings (SSSR count). The van der Waals surface area contributed by atoms with E-state index in [0.29, 0.717) is 40.1 Å². The molecule has 1 fully saturated rings. The van der Waals surface area contributed by atoms with Crippen molar-refractivity contribution in [3.63, 3.8) is 0 Å². The second kappa shape index (κ2) is 8.95. The van der Waals surface area contributed by atoms with Crippen molar-refractivity contribution >= 4 is 40.5 Å². The van der Waals surface area contributed by atoms with Crippen LogP contribution in [-0.4, -0.2) is 35.6 Å². The number of aromatic hydroxyl groups is 1. The summed E-state index contributed by atoms with van der Waals surface area (Å²) in [6, 6.07) is 11.9. The number of rotatable bonds is 6. The maximum atomic E-state index is 12.7. The molecule has 3 aromatic rings. The van der Waals surface area contributed by atoms with Crippen LogP contribution in [0.5, 0.6) is 11.5 Å². The molecule has 0 spiro atoms. The minimum absolute atomic E-state index is 0.0186. The molecule has 1 saturated heterocycles. The molecule has 1 aromatic heterocycles. The van der Waals surface area contributed by atoms with Gasteiger partial charge in [-0.3, -0.25) is 9.59 Å². The third-order valence-electron chi connectivity index (χ3n) is 4.97. The molecule has 9 heteroatoms. The highest BCUT2D eigenvalue weighted by Crippen LogP contribution is 2.33. The van der Waals surface area contributed by atoms with E-state index in [1.54, 1.807) is 46.7 Å². The van der Waals surface area contributed by atoms with Crippen LogP contribution in [0.2, 0.25) is 5.02 Å². The zero-order chi connectivity index (χ0) is 22.0. The Hall–Kier alpha value is -3.10. The minimum Gasteiger partial charge on any atom is -0.504 e. The van der Waals surface area contributed by atoms with Crippen LogP contribution in [0.15, 0.2) is 47.8 Å². The fourth-order valence-corrected chi connectivity index (χ4v) is 4.27. The summed E-state index contributed by atoms with van der Waals surface area (Å²) < 4.78 is 10.5. The molecule has 160 valence electrons. The number of hydrogen-bond acceptors (Lipinski definition) is 7. The van der Waals surface area contributed by atoms with Gasteiger partial charge in [-0.2, -0.15) is 0 Å². The molecular formula is C22H19ClN2O5S. The van der Waals surface area contributed by atoms with Crippen LogP contribution in [0.4, 0.5) is 5.69 Å². The summed E-state index contributed by atoms with van der Waals surface area (Å²) in [5.41, 5.74) is 2.07. The van der Waals surface area contributed by atoms with Gasteiger partial charge in [-0.1, -0.05) is 11.6 Å². The number of aromatic nitrogens is 1. The number of halogens is 1. The highest BCUT2D eigenvalue weighted by Gasteiger charge is 2.38. The van der Waals surface area contributed by atoms with Gasteiger partial charge in [0.2, 0.25) is 5.91 Å². The van der Waals surface area contributed by atoms with Crippen LogP contribution < -0.4 is 9.64 Å². The molecule has 7 nitrogen and oxygen atoms in total. The Balaban J connectivity index is 1.37. The first kappa shape index (κ1) is 21.1. The Bertz CT molecular complexity index is 1120. The molecule has 1 unspecified atom stereocenters. The largest absolute Gasteiger partial charge is 0.504 e. The van der Waals surface area contributed by atoms with Gasteiger partial charge in [-0.25, -0.2) is 4.98 Å². The van der Waals surface area contributed by atoms with Crippen molar-refractivity contribution < 1.29 is 24.2 Å². The molecule has 0 saturated carbocycles. The molecule has 1 aliphatic heterocycles. The fourth-order valence-electron chi connectivity index (χ4n) is 3.34. The first-order valence-corrected chi connectivity index (χ1v) is 10.8. The van der Waals surface area contributed by atoms with Gasteiger partial charge in [0.05, 0.1) is 12.8 Å². The molecule has 2 heterocycles. The Morgan fingerprint density at radius 3 is 2.81 bits per heavy atom. The van der Waals surface area contributed by atoms with E-state index < -0.39 is 11.9 Å². The Morgan fingerprint density at radius 1 is 1.29 bits per heavy atom. The molecule has 1 amide bonds. The third kappa shape index (κ3) is 4.50. The molecule has 2 aromatic carbocycles.